The quantitative estimate of drug-likeness (QED) is 0.566. The number of nitrogens with zero attached hydrogens (tertiary/aromatic N) is 2. The molecule has 0 unspecified atom stereocenters. The molecule has 0 radical (unpaired) electrons. The standard InChI is InChI=1S/C21H23N3O4S2/c1-15-8-10-17(11-9-15)30(26,27)24(18-6-4-5-7-19(18)28-3)13-12-20(25)23-21-22-14-16(2)29-21/h4-11,14H,12-13H2,1-3H3,(H,22,23,25). The Hall–Kier alpha value is -2.91. The van der Waals surface area contributed by atoms with Crippen LogP contribution in [-0.2, 0) is 14.8 Å². The number of para-hydroxylation sites is 2. The number of aryl methyl sites for hydroxylation is 2. The van der Waals surface area contributed by atoms with Crippen LogP contribution in [0.3, 0.4) is 0 Å². The lowest BCUT2D eigenvalue weighted by molar-refractivity contribution is -0.116. The molecule has 7 nitrogen and oxygen atoms in total. The Morgan fingerprint density at radius 3 is 2.47 bits per heavy atom. The molecule has 0 atom stereocenters. The second-order valence-corrected chi connectivity index (χ2v) is 9.73. The zero-order valence-corrected chi connectivity index (χ0v) is 18.6. The Morgan fingerprint density at radius 2 is 1.83 bits per heavy atom. The van der Waals surface area contributed by atoms with Gasteiger partial charge in [0.2, 0.25) is 5.91 Å². The lowest BCUT2D eigenvalue weighted by Crippen LogP contribution is -2.34. The average molecular weight is 446 g/mol. The fraction of sp³-hybridized carbons (Fsp3) is 0.238. The maximum Gasteiger partial charge on any atom is 0.264 e. The van der Waals surface area contributed by atoms with Crippen molar-refractivity contribution < 1.29 is 17.9 Å². The Bertz CT molecular complexity index is 1130. The van der Waals surface area contributed by atoms with Crippen LogP contribution in [0.1, 0.15) is 16.9 Å². The molecule has 3 rings (SSSR count). The van der Waals surface area contributed by atoms with Crippen molar-refractivity contribution in [3.63, 3.8) is 0 Å². The number of anilines is 2. The summed E-state index contributed by atoms with van der Waals surface area (Å²) < 4.78 is 33.4. The second-order valence-electron chi connectivity index (χ2n) is 6.64. The molecule has 0 saturated heterocycles. The molecule has 0 aliphatic carbocycles. The molecule has 3 aromatic rings. The Morgan fingerprint density at radius 1 is 1.13 bits per heavy atom. The van der Waals surface area contributed by atoms with E-state index >= 15 is 0 Å². The van der Waals surface area contributed by atoms with Gasteiger partial charge in [-0.25, -0.2) is 13.4 Å². The summed E-state index contributed by atoms with van der Waals surface area (Å²) in [7, 11) is -2.43. The average Bonchev–Trinajstić information content (AvgIpc) is 3.13. The zero-order valence-electron chi connectivity index (χ0n) is 17.0. The van der Waals surface area contributed by atoms with Crippen molar-refractivity contribution >= 4 is 38.1 Å². The van der Waals surface area contributed by atoms with Gasteiger partial charge in [0.1, 0.15) is 5.75 Å². The van der Waals surface area contributed by atoms with Crippen LogP contribution in [0, 0.1) is 13.8 Å². The van der Waals surface area contributed by atoms with Crippen LogP contribution in [0.25, 0.3) is 0 Å². The van der Waals surface area contributed by atoms with Crippen LogP contribution in [-0.4, -0.2) is 33.0 Å². The second kappa shape index (κ2) is 9.27. The maximum absolute atomic E-state index is 13.4. The Kier molecular flexibility index (Phi) is 6.73. The van der Waals surface area contributed by atoms with Gasteiger partial charge in [0, 0.05) is 24.0 Å². The molecular weight excluding hydrogens is 422 g/mol. The molecule has 0 fully saturated rings. The largest absolute Gasteiger partial charge is 0.495 e. The van der Waals surface area contributed by atoms with Crippen molar-refractivity contribution in [3.8, 4) is 5.75 Å². The monoisotopic (exact) mass is 445 g/mol. The fourth-order valence-corrected chi connectivity index (χ4v) is 5.00. The van der Waals surface area contributed by atoms with Crippen LogP contribution in [0.4, 0.5) is 10.8 Å². The van der Waals surface area contributed by atoms with Gasteiger partial charge in [-0.15, -0.1) is 11.3 Å². The smallest absolute Gasteiger partial charge is 0.264 e. The number of carbonyl (C=O) groups is 1. The highest BCUT2D eigenvalue weighted by molar-refractivity contribution is 7.92. The van der Waals surface area contributed by atoms with E-state index in [-0.39, 0.29) is 23.8 Å². The molecule has 158 valence electrons. The Labute approximate surface area is 180 Å². The number of ether oxygens (including phenoxy) is 1. The van der Waals surface area contributed by atoms with E-state index in [1.54, 1.807) is 54.7 Å². The van der Waals surface area contributed by atoms with E-state index in [1.165, 1.54) is 22.8 Å². The van der Waals surface area contributed by atoms with E-state index in [0.29, 0.717) is 16.6 Å². The predicted molar refractivity (Wildman–Crippen MR) is 119 cm³/mol. The number of carbonyl (C=O) groups excluding carboxylic acids is 1. The number of sulfonamides is 1. The Balaban J connectivity index is 1.89. The number of amides is 1. The summed E-state index contributed by atoms with van der Waals surface area (Å²) >= 11 is 1.36. The van der Waals surface area contributed by atoms with Crippen molar-refractivity contribution in [3.05, 3.63) is 65.2 Å². The number of aromatic nitrogens is 1. The highest BCUT2D eigenvalue weighted by Gasteiger charge is 2.27. The topological polar surface area (TPSA) is 88.6 Å². The summed E-state index contributed by atoms with van der Waals surface area (Å²) in [5, 5.41) is 3.20. The van der Waals surface area contributed by atoms with E-state index in [4.69, 9.17) is 4.74 Å². The molecule has 2 aromatic carbocycles. The summed E-state index contributed by atoms with van der Waals surface area (Å²) in [5.41, 5.74) is 1.33. The molecule has 30 heavy (non-hydrogen) atoms. The van der Waals surface area contributed by atoms with Gasteiger partial charge in [0.25, 0.3) is 10.0 Å². The van der Waals surface area contributed by atoms with Gasteiger partial charge in [-0.2, -0.15) is 0 Å². The van der Waals surface area contributed by atoms with Gasteiger partial charge in [-0.05, 0) is 38.1 Å². The molecule has 0 aliphatic rings. The van der Waals surface area contributed by atoms with Gasteiger partial charge in [-0.1, -0.05) is 29.8 Å². The van der Waals surface area contributed by atoms with Crippen molar-refractivity contribution in [2.24, 2.45) is 0 Å². The molecule has 9 heteroatoms. The van der Waals surface area contributed by atoms with E-state index in [9.17, 15) is 13.2 Å². The first-order chi connectivity index (χ1) is 14.3. The van der Waals surface area contributed by atoms with Crippen molar-refractivity contribution in [1.29, 1.82) is 0 Å². The lowest BCUT2D eigenvalue weighted by atomic mass is 10.2. The highest BCUT2D eigenvalue weighted by atomic mass is 32.2. The van der Waals surface area contributed by atoms with Crippen LogP contribution in [0.2, 0.25) is 0 Å². The molecule has 0 aliphatic heterocycles. The van der Waals surface area contributed by atoms with Crippen LogP contribution < -0.4 is 14.4 Å². The molecule has 1 N–H and O–H groups in total. The zero-order chi connectivity index (χ0) is 21.7. The first-order valence-corrected chi connectivity index (χ1v) is 11.5. The minimum atomic E-state index is -3.91. The van der Waals surface area contributed by atoms with Gasteiger partial charge >= 0.3 is 0 Å². The van der Waals surface area contributed by atoms with Crippen LogP contribution in [0.15, 0.2) is 59.6 Å². The number of hydrogen-bond donors (Lipinski definition) is 1. The van der Waals surface area contributed by atoms with Crippen molar-refractivity contribution in [1.82, 2.24) is 4.98 Å². The van der Waals surface area contributed by atoms with E-state index in [1.807, 2.05) is 13.8 Å². The number of hydrogen-bond acceptors (Lipinski definition) is 6. The third kappa shape index (κ3) is 4.98. The van der Waals surface area contributed by atoms with Crippen LogP contribution >= 0.6 is 11.3 Å². The molecule has 1 heterocycles. The maximum atomic E-state index is 13.4. The fourth-order valence-electron chi connectivity index (χ4n) is 2.84. The van der Waals surface area contributed by atoms with E-state index < -0.39 is 10.0 Å². The SMILES string of the molecule is COc1ccccc1N(CCC(=O)Nc1ncc(C)s1)S(=O)(=O)c1ccc(C)cc1. The van der Waals surface area contributed by atoms with Crippen molar-refractivity contribution in [2.45, 2.75) is 25.2 Å². The minimum absolute atomic E-state index is 0.0399. The van der Waals surface area contributed by atoms with Gasteiger partial charge < -0.3 is 10.1 Å². The number of nitrogens with one attached hydrogen (secondary N) is 1. The number of methoxy groups -OCH3 is 1. The first kappa shape index (κ1) is 21.8. The molecule has 1 aromatic heterocycles. The summed E-state index contributed by atoms with van der Waals surface area (Å²) in [6.07, 6.45) is 1.63. The van der Waals surface area contributed by atoms with E-state index in [2.05, 4.69) is 10.3 Å². The summed E-state index contributed by atoms with van der Waals surface area (Å²) in [6.45, 7) is 3.73. The third-order valence-corrected chi connectivity index (χ3v) is 7.03. The van der Waals surface area contributed by atoms with Gasteiger partial charge in [0.15, 0.2) is 5.13 Å². The lowest BCUT2D eigenvalue weighted by Gasteiger charge is -2.26. The number of thiazole rings is 1. The summed E-state index contributed by atoms with van der Waals surface area (Å²) in [4.78, 5) is 17.7. The molecule has 1 amide bonds. The van der Waals surface area contributed by atoms with Gasteiger partial charge in [-0.3, -0.25) is 9.10 Å². The molecule has 0 spiro atoms. The summed E-state index contributed by atoms with van der Waals surface area (Å²) in [6, 6.07) is 13.4. The minimum Gasteiger partial charge on any atom is -0.495 e. The normalized spacial score (nSPS) is 11.2. The van der Waals surface area contributed by atoms with E-state index in [0.717, 1.165) is 10.4 Å². The highest BCUT2D eigenvalue weighted by Crippen LogP contribution is 2.32. The number of rotatable bonds is 8. The molecule has 0 bridgehead atoms. The number of benzene rings is 2. The summed E-state index contributed by atoms with van der Waals surface area (Å²) in [5.74, 6) is 0.0903. The molecule has 0 saturated carbocycles. The first-order valence-electron chi connectivity index (χ1n) is 9.26. The van der Waals surface area contributed by atoms with Gasteiger partial charge in [0.05, 0.1) is 17.7 Å². The van der Waals surface area contributed by atoms with Crippen molar-refractivity contribution in [2.75, 3.05) is 23.3 Å². The molecular formula is C21H23N3O4S2. The predicted octanol–water partition coefficient (Wildman–Crippen LogP) is 3.99. The van der Waals surface area contributed by atoms with Crippen LogP contribution in [0.5, 0.6) is 5.75 Å². The third-order valence-electron chi connectivity index (χ3n) is 4.37.